The van der Waals surface area contributed by atoms with Crippen LogP contribution in [0.5, 0.6) is 11.5 Å². The van der Waals surface area contributed by atoms with E-state index in [1.807, 2.05) is 11.0 Å². The van der Waals surface area contributed by atoms with E-state index in [-0.39, 0.29) is 5.91 Å². The van der Waals surface area contributed by atoms with Crippen LogP contribution in [0.25, 0.3) is 0 Å². The van der Waals surface area contributed by atoms with E-state index in [0.29, 0.717) is 29.5 Å². The van der Waals surface area contributed by atoms with Gasteiger partial charge in [0.2, 0.25) is 0 Å². The molecule has 0 spiro atoms. The minimum absolute atomic E-state index is 0.00692. The van der Waals surface area contributed by atoms with E-state index in [1.165, 1.54) is 0 Å². The Morgan fingerprint density at radius 1 is 1.38 bits per heavy atom. The first-order chi connectivity index (χ1) is 10.2. The molecule has 5 nitrogen and oxygen atoms in total. The SMILES string of the molecule is COc1cccc(C(=O)N2CCCC(CCN)C2)c1OC. The van der Waals surface area contributed by atoms with Crippen molar-refractivity contribution < 1.29 is 14.3 Å². The minimum atomic E-state index is 0.00692. The summed E-state index contributed by atoms with van der Waals surface area (Å²) in [6.07, 6.45) is 3.15. The Bertz CT molecular complexity index is 488. The molecule has 2 rings (SSSR count). The van der Waals surface area contributed by atoms with E-state index < -0.39 is 0 Å². The van der Waals surface area contributed by atoms with Gasteiger partial charge in [-0.05, 0) is 43.9 Å². The number of nitrogens with zero attached hydrogens (tertiary/aromatic N) is 1. The molecule has 1 atom stereocenters. The fourth-order valence-electron chi connectivity index (χ4n) is 2.95. The number of carbonyl (C=O) groups is 1. The molecular formula is C16H24N2O3. The number of rotatable bonds is 5. The van der Waals surface area contributed by atoms with Crippen molar-refractivity contribution in [2.45, 2.75) is 19.3 Å². The molecule has 21 heavy (non-hydrogen) atoms. The second-order valence-corrected chi connectivity index (χ2v) is 5.38. The fraction of sp³-hybridized carbons (Fsp3) is 0.562. The maximum absolute atomic E-state index is 12.8. The maximum atomic E-state index is 12.8. The molecule has 1 heterocycles. The number of methoxy groups -OCH3 is 2. The first-order valence-electron chi connectivity index (χ1n) is 7.41. The van der Waals surface area contributed by atoms with E-state index in [2.05, 4.69) is 0 Å². The Labute approximate surface area is 126 Å². The van der Waals surface area contributed by atoms with E-state index >= 15 is 0 Å². The number of nitrogens with two attached hydrogens (primary N) is 1. The number of benzene rings is 1. The second-order valence-electron chi connectivity index (χ2n) is 5.38. The van der Waals surface area contributed by atoms with Crippen LogP contribution in [-0.4, -0.2) is 44.7 Å². The average Bonchev–Trinajstić information content (AvgIpc) is 2.53. The molecule has 5 heteroatoms. The van der Waals surface area contributed by atoms with E-state index in [0.717, 1.165) is 32.4 Å². The first kappa shape index (κ1) is 15.6. The summed E-state index contributed by atoms with van der Waals surface area (Å²) in [5, 5.41) is 0. The maximum Gasteiger partial charge on any atom is 0.257 e. The number of likely N-dealkylation sites (tertiary alicyclic amines) is 1. The smallest absolute Gasteiger partial charge is 0.257 e. The van der Waals surface area contributed by atoms with E-state index in [4.69, 9.17) is 15.2 Å². The van der Waals surface area contributed by atoms with Crippen molar-refractivity contribution in [1.29, 1.82) is 0 Å². The van der Waals surface area contributed by atoms with Gasteiger partial charge in [0, 0.05) is 13.1 Å². The Morgan fingerprint density at radius 2 is 2.19 bits per heavy atom. The lowest BCUT2D eigenvalue weighted by atomic mass is 9.94. The van der Waals surface area contributed by atoms with Gasteiger partial charge in [-0.25, -0.2) is 0 Å². The number of carbonyl (C=O) groups excluding carboxylic acids is 1. The lowest BCUT2D eigenvalue weighted by Gasteiger charge is -2.33. The second kappa shape index (κ2) is 7.31. The number of piperidine rings is 1. The Kier molecular flexibility index (Phi) is 5.44. The Morgan fingerprint density at radius 3 is 2.86 bits per heavy atom. The molecule has 0 aliphatic carbocycles. The molecule has 1 aromatic rings. The number of amides is 1. The molecule has 1 aliphatic heterocycles. The normalized spacial score (nSPS) is 18.4. The highest BCUT2D eigenvalue weighted by molar-refractivity contribution is 5.97. The van der Waals surface area contributed by atoms with Crippen LogP contribution in [0.4, 0.5) is 0 Å². The quantitative estimate of drug-likeness (QED) is 0.900. The van der Waals surface area contributed by atoms with E-state index in [9.17, 15) is 4.79 Å². The van der Waals surface area contributed by atoms with Crippen LogP contribution in [0.2, 0.25) is 0 Å². The zero-order chi connectivity index (χ0) is 15.2. The molecule has 2 N–H and O–H groups in total. The Hall–Kier alpha value is -1.75. The monoisotopic (exact) mass is 292 g/mol. The van der Waals surface area contributed by atoms with Gasteiger partial charge in [-0.1, -0.05) is 6.07 Å². The van der Waals surface area contributed by atoms with Crippen LogP contribution in [0.3, 0.4) is 0 Å². The molecule has 0 radical (unpaired) electrons. The molecule has 1 aromatic carbocycles. The molecule has 0 saturated carbocycles. The molecule has 1 fully saturated rings. The zero-order valence-electron chi connectivity index (χ0n) is 12.8. The van der Waals surface area contributed by atoms with Gasteiger partial charge in [0.15, 0.2) is 11.5 Å². The highest BCUT2D eigenvalue weighted by Gasteiger charge is 2.26. The van der Waals surface area contributed by atoms with Crippen molar-refractivity contribution in [2.75, 3.05) is 33.9 Å². The van der Waals surface area contributed by atoms with Gasteiger partial charge in [0.25, 0.3) is 5.91 Å². The zero-order valence-corrected chi connectivity index (χ0v) is 12.8. The third-order valence-electron chi connectivity index (χ3n) is 4.01. The molecule has 0 aromatic heterocycles. The van der Waals surface area contributed by atoms with Crippen LogP contribution in [-0.2, 0) is 0 Å². The van der Waals surface area contributed by atoms with Gasteiger partial charge in [0.05, 0.1) is 19.8 Å². The van der Waals surface area contributed by atoms with Crippen LogP contribution >= 0.6 is 0 Å². The van der Waals surface area contributed by atoms with Gasteiger partial charge in [-0.3, -0.25) is 4.79 Å². The lowest BCUT2D eigenvalue weighted by Crippen LogP contribution is -2.40. The Balaban J connectivity index is 2.19. The van der Waals surface area contributed by atoms with Gasteiger partial charge in [-0.2, -0.15) is 0 Å². The highest BCUT2D eigenvalue weighted by atomic mass is 16.5. The molecule has 116 valence electrons. The molecule has 0 bridgehead atoms. The third-order valence-corrected chi connectivity index (χ3v) is 4.01. The molecule has 1 unspecified atom stereocenters. The predicted molar refractivity (Wildman–Crippen MR) is 81.8 cm³/mol. The summed E-state index contributed by atoms with van der Waals surface area (Å²) in [6, 6.07) is 5.40. The number of hydrogen-bond donors (Lipinski definition) is 1. The van der Waals surface area contributed by atoms with E-state index in [1.54, 1.807) is 26.4 Å². The van der Waals surface area contributed by atoms with Gasteiger partial charge in [-0.15, -0.1) is 0 Å². The average molecular weight is 292 g/mol. The van der Waals surface area contributed by atoms with Crippen LogP contribution in [0.15, 0.2) is 18.2 Å². The number of hydrogen-bond acceptors (Lipinski definition) is 4. The van der Waals surface area contributed by atoms with Gasteiger partial charge >= 0.3 is 0 Å². The summed E-state index contributed by atoms with van der Waals surface area (Å²) in [4.78, 5) is 14.7. The van der Waals surface area contributed by atoms with Crippen molar-refractivity contribution in [1.82, 2.24) is 4.90 Å². The van der Waals surface area contributed by atoms with Crippen molar-refractivity contribution in [2.24, 2.45) is 11.7 Å². The lowest BCUT2D eigenvalue weighted by molar-refractivity contribution is 0.0665. The summed E-state index contributed by atoms with van der Waals surface area (Å²) in [7, 11) is 3.13. The van der Waals surface area contributed by atoms with Crippen molar-refractivity contribution in [3.8, 4) is 11.5 Å². The summed E-state index contributed by atoms with van der Waals surface area (Å²) in [5.74, 6) is 1.60. The van der Waals surface area contributed by atoms with Crippen molar-refractivity contribution >= 4 is 5.91 Å². The summed E-state index contributed by atoms with van der Waals surface area (Å²) in [5.41, 5.74) is 6.20. The molecule has 1 amide bonds. The van der Waals surface area contributed by atoms with Crippen LogP contribution in [0.1, 0.15) is 29.6 Å². The highest BCUT2D eigenvalue weighted by Crippen LogP contribution is 2.32. The first-order valence-corrected chi connectivity index (χ1v) is 7.41. The minimum Gasteiger partial charge on any atom is -0.493 e. The van der Waals surface area contributed by atoms with Gasteiger partial charge < -0.3 is 20.1 Å². The predicted octanol–water partition coefficient (Wildman–Crippen LogP) is 1.90. The summed E-state index contributed by atoms with van der Waals surface area (Å²) >= 11 is 0. The third kappa shape index (κ3) is 3.47. The summed E-state index contributed by atoms with van der Waals surface area (Å²) in [6.45, 7) is 2.24. The van der Waals surface area contributed by atoms with Crippen molar-refractivity contribution in [3.05, 3.63) is 23.8 Å². The van der Waals surface area contributed by atoms with Crippen LogP contribution in [0, 0.1) is 5.92 Å². The molecular weight excluding hydrogens is 268 g/mol. The molecule has 1 saturated heterocycles. The number of ether oxygens (including phenoxy) is 2. The van der Waals surface area contributed by atoms with Crippen LogP contribution < -0.4 is 15.2 Å². The fourth-order valence-corrected chi connectivity index (χ4v) is 2.95. The largest absolute Gasteiger partial charge is 0.493 e. The molecule has 1 aliphatic rings. The topological polar surface area (TPSA) is 64.8 Å². The number of para-hydroxylation sites is 1. The van der Waals surface area contributed by atoms with Gasteiger partial charge in [0.1, 0.15) is 0 Å². The standard InChI is InChI=1S/C16H24N2O3/c1-20-14-7-3-6-13(15(14)21-2)16(19)18-10-4-5-12(11-18)8-9-17/h3,6-7,12H,4-5,8-11,17H2,1-2H3. The summed E-state index contributed by atoms with van der Waals surface area (Å²) < 4.78 is 10.6. The van der Waals surface area contributed by atoms with Crippen molar-refractivity contribution in [3.63, 3.8) is 0 Å².